The standard InChI is InChI=1S/C13H21NO/c15-13(11-3-4-14-8-11)6-9-1-2-10-7-12(10)5-9/h9-12,14H,1-8H2/t9?,10?,11-,12?/m0/s1. The molecule has 0 aromatic heterocycles. The van der Waals surface area contributed by atoms with Gasteiger partial charge < -0.3 is 5.32 Å². The lowest BCUT2D eigenvalue weighted by atomic mass is 9.83. The minimum atomic E-state index is 0.349. The highest BCUT2D eigenvalue weighted by molar-refractivity contribution is 5.81. The molecule has 3 rings (SSSR count). The maximum Gasteiger partial charge on any atom is 0.137 e. The van der Waals surface area contributed by atoms with Gasteiger partial charge in [-0.15, -0.1) is 0 Å². The first kappa shape index (κ1) is 9.83. The molecule has 0 amide bonds. The monoisotopic (exact) mass is 207 g/mol. The van der Waals surface area contributed by atoms with Crippen LogP contribution in [-0.4, -0.2) is 18.9 Å². The molecule has 2 nitrogen and oxygen atoms in total. The van der Waals surface area contributed by atoms with Crippen molar-refractivity contribution in [1.29, 1.82) is 0 Å². The molecule has 0 spiro atoms. The molecule has 0 bridgehead atoms. The van der Waals surface area contributed by atoms with Crippen molar-refractivity contribution in [2.24, 2.45) is 23.7 Å². The second kappa shape index (κ2) is 3.89. The van der Waals surface area contributed by atoms with Gasteiger partial charge in [0.15, 0.2) is 0 Å². The second-order valence-electron chi connectivity index (χ2n) is 5.80. The summed E-state index contributed by atoms with van der Waals surface area (Å²) in [5.41, 5.74) is 0. The maximum absolute atomic E-state index is 12.0. The summed E-state index contributed by atoms with van der Waals surface area (Å²) in [6.45, 7) is 1.99. The zero-order valence-electron chi connectivity index (χ0n) is 9.37. The largest absolute Gasteiger partial charge is 0.316 e. The summed E-state index contributed by atoms with van der Waals surface area (Å²) in [6, 6.07) is 0. The van der Waals surface area contributed by atoms with Gasteiger partial charge in [-0.3, -0.25) is 4.79 Å². The summed E-state index contributed by atoms with van der Waals surface area (Å²) in [6.07, 6.45) is 7.53. The van der Waals surface area contributed by atoms with Crippen molar-refractivity contribution in [1.82, 2.24) is 5.32 Å². The fourth-order valence-corrected chi connectivity index (χ4v) is 3.51. The Kier molecular flexibility index (Phi) is 2.55. The third-order valence-corrected chi connectivity index (χ3v) is 4.66. The fourth-order valence-electron chi connectivity index (χ4n) is 3.51. The molecule has 3 fully saturated rings. The normalized spacial score (nSPS) is 43.7. The first-order valence-corrected chi connectivity index (χ1v) is 6.56. The average molecular weight is 207 g/mol. The van der Waals surface area contributed by atoms with Crippen LogP contribution in [0.5, 0.6) is 0 Å². The molecule has 1 saturated heterocycles. The number of carbonyl (C=O) groups is 1. The topological polar surface area (TPSA) is 29.1 Å². The molecular weight excluding hydrogens is 186 g/mol. The fraction of sp³-hybridized carbons (Fsp3) is 0.923. The Morgan fingerprint density at radius 1 is 1.13 bits per heavy atom. The second-order valence-corrected chi connectivity index (χ2v) is 5.80. The predicted octanol–water partition coefficient (Wildman–Crippen LogP) is 1.99. The minimum absolute atomic E-state index is 0.349. The molecule has 15 heavy (non-hydrogen) atoms. The van der Waals surface area contributed by atoms with Crippen LogP contribution in [0, 0.1) is 23.7 Å². The van der Waals surface area contributed by atoms with Gasteiger partial charge in [0.25, 0.3) is 0 Å². The molecule has 84 valence electrons. The Balaban J connectivity index is 1.49. The summed E-state index contributed by atoms with van der Waals surface area (Å²) in [5.74, 6) is 3.70. The summed E-state index contributed by atoms with van der Waals surface area (Å²) < 4.78 is 0. The number of Topliss-reactive ketones (excluding diaryl/α,β-unsaturated/α-hetero) is 1. The average Bonchev–Trinajstić information content (AvgIpc) is 2.78. The Hall–Kier alpha value is -0.370. The summed E-state index contributed by atoms with van der Waals surface area (Å²) >= 11 is 0. The lowest BCUT2D eigenvalue weighted by Crippen LogP contribution is -2.22. The Morgan fingerprint density at radius 2 is 2.07 bits per heavy atom. The number of fused-ring (bicyclic) bond motifs is 1. The maximum atomic E-state index is 12.0. The van der Waals surface area contributed by atoms with Crippen LogP contribution in [-0.2, 0) is 4.79 Å². The first-order valence-electron chi connectivity index (χ1n) is 6.56. The molecule has 1 N–H and O–H groups in total. The quantitative estimate of drug-likeness (QED) is 0.767. The molecule has 0 aromatic rings. The van der Waals surface area contributed by atoms with Gasteiger partial charge in [-0.25, -0.2) is 0 Å². The molecule has 2 heteroatoms. The van der Waals surface area contributed by atoms with Gasteiger partial charge in [0.1, 0.15) is 5.78 Å². The highest BCUT2D eigenvalue weighted by atomic mass is 16.1. The van der Waals surface area contributed by atoms with Crippen LogP contribution in [0.2, 0.25) is 0 Å². The Labute approximate surface area is 91.8 Å². The van der Waals surface area contributed by atoms with Crippen LogP contribution < -0.4 is 5.32 Å². The highest BCUT2D eigenvalue weighted by Crippen LogP contribution is 2.52. The third-order valence-electron chi connectivity index (χ3n) is 4.66. The number of rotatable bonds is 3. The van der Waals surface area contributed by atoms with Crippen molar-refractivity contribution < 1.29 is 4.79 Å². The Morgan fingerprint density at radius 3 is 2.80 bits per heavy atom. The highest BCUT2D eigenvalue weighted by Gasteiger charge is 2.42. The van der Waals surface area contributed by atoms with Crippen LogP contribution in [0.1, 0.15) is 38.5 Å². The van der Waals surface area contributed by atoms with Crippen molar-refractivity contribution in [2.75, 3.05) is 13.1 Å². The molecule has 3 aliphatic rings. The zero-order valence-corrected chi connectivity index (χ0v) is 9.37. The molecule has 1 heterocycles. The smallest absolute Gasteiger partial charge is 0.137 e. The lowest BCUT2D eigenvalue weighted by molar-refractivity contribution is -0.123. The zero-order chi connectivity index (χ0) is 10.3. The molecule has 2 saturated carbocycles. The van der Waals surface area contributed by atoms with Crippen LogP contribution >= 0.6 is 0 Å². The lowest BCUT2D eigenvalue weighted by Gasteiger charge is -2.21. The number of hydrogen-bond donors (Lipinski definition) is 1. The van der Waals surface area contributed by atoms with E-state index in [-0.39, 0.29) is 0 Å². The van der Waals surface area contributed by atoms with Gasteiger partial charge in [0, 0.05) is 18.9 Å². The van der Waals surface area contributed by atoms with E-state index in [2.05, 4.69) is 5.32 Å². The molecule has 0 radical (unpaired) electrons. The van der Waals surface area contributed by atoms with Gasteiger partial charge >= 0.3 is 0 Å². The van der Waals surface area contributed by atoms with Gasteiger partial charge in [-0.1, -0.05) is 0 Å². The van der Waals surface area contributed by atoms with Gasteiger partial charge in [0.05, 0.1) is 0 Å². The van der Waals surface area contributed by atoms with Crippen molar-refractivity contribution in [3.63, 3.8) is 0 Å². The third kappa shape index (κ3) is 2.10. The molecule has 2 aliphatic carbocycles. The van der Waals surface area contributed by atoms with Crippen LogP contribution in [0.3, 0.4) is 0 Å². The SMILES string of the molecule is O=C(CC1CCC2CC2C1)[C@H]1CCNC1. The van der Waals surface area contributed by atoms with Crippen molar-refractivity contribution in [3.05, 3.63) is 0 Å². The summed E-state index contributed by atoms with van der Waals surface area (Å²) in [5, 5.41) is 3.29. The summed E-state index contributed by atoms with van der Waals surface area (Å²) in [7, 11) is 0. The Bertz CT molecular complexity index is 257. The summed E-state index contributed by atoms with van der Waals surface area (Å²) in [4.78, 5) is 12.0. The van der Waals surface area contributed by atoms with Crippen LogP contribution in [0.15, 0.2) is 0 Å². The molecule has 3 unspecified atom stereocenters. The van der Waals surface area contributed by atoms with Crippen molar-refractivity contribution >= 4 is 5.78 Å². The molecule has 4 atom stereocenters. The van der Waals surface area contributed by atoms with E-state index in [9.17, 15) is 4.79 Å². The van der Waals surface area contributed by atoms with E-state index in [4.69, 9.17) is 0 Å². The van der Waals surface area contributed by atoms with Gasteiger partial charge in [-0.2, -0.15) is 0 Å². The molecule has 1 aliphatic heterocycles. The van der Waals surface area contributed by atoms with Crippen molar-refractivity contribution in [3.8, 4) is 0 Å². The molecular formula is C13H21NO. The first-order chi connectivity index (χ1) is 7.33. The van der Waals surface area contributed by atoms with E-state index in [0.717, 1.165) is 43.7 Å². The molecule has 0 aromatic carbocycles. The number of nitrogens with one attached hydrogen (secondary N) is 1. The van der Waals surface area contributed by atoms with Crippen molar-refractivity contribution in [2.45, 2.75) is 38.5 Å². The predicted molar refractivity (Wildman–Crippen MR) is 59.5 cm³/mol. The number of carbonyl (C=O) groups excluding carboxylic acids is 1. The van der Waals surface area contributed by atoms with E-state index >= 15 is 0 Å². The van der Waals surface area contributed by atoms with Crippen LogP contribution in [0.4, 0.5) is 0 Å². The van der Waals surface area contributed by atoms with E-state index in [1.54, 1.807) is 0 Å². The van der Waals surface area contributed by atoms with Gasteiger partial charge in [-0.05, 0) is 56.4 Å². The minimum Gasteiger partial charge on any atom is -0.316 e. The van der Waals surface area contributed by atoms with E-state index in [1.165, 1.54) is 25.7 Å². The van der Waals surface area contributed by atoms with Gasteiger partial charge in [0.2, 0.25) is 0 Å². The number of ketones is 1. The van der Waals surface area contributed by atoms with E-state index < -0.39 is 0 Å². The van der Waals surface area contributed by atoms with Crippen LogP contribution in [0.25, 0.3) is 0 Å². The number of hydrogen-bond acceptors (Lipinski definition) is 2. The van der Waals surface area contributed by atoms with E-state index in [0.29, 0.717) is 11.7 Å². The van der Waals surface area contributed by atoms with E-state index in [1.807, 2.05) is 0 Å².